The molecule has 4 rings (SSSR count). The number of aryl methyl sites for hydroxylation is 2. The lowest BCUT2D eigenvalue weighted by molar-refractivity contribution is -0.120. The average molecular weight is 364 g/mol. The normalized spacial score (nSPS) is 18.4. The molecule has 0 saturated heterocycles. The lowest BCUT2D eigenvalue weighted by Gasteiger charge is -2.13. The quantitative estimate of drug-likeness (QED) is 0.670. The van der Waals surface area contributed by atoms with Crippen LogP contribution >= 0.6 is 23.1 Å². The molecule has 1 fully saturated rings. The van der Waals surface area contributed by atoms with Crippen molar-refractivity contribution in [3.8, 4) is 0 Å². The van der Waals surface area contributed by atoms with Crippen molar-refractivity contribution in [3.63, 3.8) is 0 Å². The molecule has 5 nitrogen and oxygen atoms in total. The molecule has 24 heavy (non-hydrogen) atoms. The number of thioether (sulfide) groups is 1. The maximum Gasteiger partial charge on any atom is 0.262 e. The van der Waals surface area contributed by atoms with Crippen molar-refractivity contribution in [1.82, 2.24) is 14.9 Å². The zero-order valence-corrected chi connectivity index (χ0v) is 15.6. The van der Waals surface area contributed by atoms with Crippen LogP contribution in [0.3, 0.4) is 0 Å². The van der Waals surface area contributed by atoms with Crippen LogP contribution in [0, 0.1) is 0 Å². The first-order chi connectivity index (χ1) is 11.5. The van der Waals surface area contributed by atoms with Crippen LogP contribution in [-0.2, 0) is 24.7 Å². The highest BCUT2D eigenvalue weighted by atomic mass is 32.2. The molecule has 0 aromatic carbocycles. The molecule has 1 atom stereocenters. The molecule has 0 aliphatic heterocycles. The number of thiophene rings is 1. The van der Waals surface area contributed by atoms with Crippen molar-refractivity contribution in [3.05, 3.63) is 20.8 Å². The number of carbonyl (C=O) groups excluding carboxylic acids is 1. The summed E-state index contributed by atoms with van der Waals surface area (Å²) in [6, 6.07) is 0.351. The number of aromatic nitrogens is 2. The lowest BCUT2D eigenvalue weighted by Crippen LogP contribution is -2.33. The van der Waals surface area contributed by atoms with E-state index in [9.17, 15) is 9.59 Å². The molecule has 2 aromatic heterocycles. The number of hydrogen-bond donors (Lipinski definition) is 1. The smallest absolute Gasteiger partial charge is 0.262 e. The van der Waals surface area contributed by atoms with Crippen molar-refractivity contribution >= 4 is 39.2 Å². The Morgan fingerprint density at radius 3 is 2.88 bits per heavy atom. The van der Waals surface area contributed by atoms with Gasteiger partial charge in [-0.25, -0.2) is 4.98 Å². The van der Waals surface area contributed by atoms with E-state index in [1.807, 2.05) is 6.92 Å². The molecule has 1 N–H and O–H groups in total. The zero-order valence-electron chi connectivity index (χ0n) is 13.9. The molecule has 7 heteroatoms. The number of amides is 1. The number of nitrogens with zero attached hydrogens (tertiary/aromatic N) is 2. The van der Waals surface area contributed by atoms with Crippen LogP contribution in [0.4, 0.5) is 0 Å². The Labute approximate surface area is 148 Å². The predicted octanol–water partition coefficient (Wildman–Crippen LogP) is 2.63. The van der Waals surface area contributed by atoms with Crippen molar-refractivity contribution in [2.75, 3.05) is 0 Å². The highest BCUT2D eigenvalue weighted by molar-refractivity contribution is 8.00. The summed E-state index contributed by atoms with van der Waals surface area (Å²) in [5.41, 5.74) is 1.24. The standard InChI is InChI=1S/C17H21N3O2S2/c1-9(14(21)18-10-7-8-10)23-17-19-15-13(16(22)20(17)2)11-5-3-4-6-12(11)24-15/h9-10H,3-8H2,1-2H3,(H,18,21)/t9-/m0/s1. The summed E-state index contributed by atoms with van der Waals surface area (Å²) in [6.45, 7) is 1.87. The molecular formula is C17H21N3O2S2. The number of fused-ring (bicyclic) bond motifs is 3. The summed E-state index contributed by atoms with van der Waals surface area (Å²) in [5, 5.41) is 4.19. The van der Waals surface area contributed by atoms with E-state index >= 15 is 0 Å². The van der Waals surface area contributed by atoms with Gasteiger partial charge < -0.3 is 5.32 Å². The van der Waals surface area contributed by atoms with E-state index in [1.165, 1.54) is 28.6 Å². The molecular weight excluding hydrogens is 342 g/mol. The fourth-order valence-electron chi connectivity index (χ4n) is 3.13. The van der Waals surface area contributed by atoms with E-state index in [2.05, 4.69) is 5.32 Å². The molecule has 128 valence electrons. The van der Waals surface area contributed by atoms with Gasteiger partial charge >= 0.3 is 0 Å². The first kappa shape index (κ1) is 16.1. The van der Waals surface area contributed by atoms with Crippen molar-refractivity contribution in [2.24, 2.45) is 7.05 Å². The van der Waals surface area contributed by atoms with Gasteiger partial charge in [0.2, 0.25) is 5.91 Å². The van der Waals surface area contributed by atoms with Crippen molar-refractivity contribution in [1.29, 1.82) is 0 Å². The van der Waals surface area contributed by atoms with E-state index in [0.717, 1.165) is 42.3 Å². The number of nitrogens with one attached hydrogen (secondary N) is 1. The first-order valence-corrected chi connectivity index (χ1v) is 10.2. The SMILES string of the molecule is C[C@H](Sc1nc2sc3c(c2c(=O)n1C)CCCC3)C(=O)NC1CC1. The van der Waals surface area contributed by atoms with Crippen molar-refractivity contribution in [2.45, 2.75) is 61.9 Å². The second-order valence-electron chi connectivity index (χ2n) is 6.69. The summed E-state index contributed by atoms with van der Waals surface area (Å²) in [4.78, 5) is 31.9. The van der Waals surface area contributed by atoms with Gasteiger partial charge in [0.05, 0.1) is 10.6 Å². The van der Waals surface area contributed by atoms with E-state index in [1.54, 1.807) is 23.0 Å². The van der Waals surface area contributed by atoms with E-state index in [-0.39, 0.29) is 16.7 Å². The monoisotopic (exact) mass is 363 g/mol. The average Bonchev–Trinajstić information content (AvgIpc) is 3.30. The van der Waals surface area contributed by atoms with Gasteiger partial charge in [0.15, 0.2) is 5.16 Å². The van der Waals surface area contributed by atoms with Crippen LogP contribution in [0.2, 0.25) is 0 Å². The summed E-state index contributed by atoms with van der Waals surface area (Å²) in [7, 11) is 1.76. The van der Waals surface area contributed by atoms with Gasteiger partial charge in [0, 0.05) is 18.0 Å². The summed E-state index contributed by atoms with van der Waals surface area (Å²) in [6.07, 6.45) is 6.54. The van der Waals surface area contributed by atoms with E-state index in [4.69, 9.17) is 4.98 Å². The third kappa shape index (κ3) is 2.88. The number of hydrogen-bond acceptors (Lipinski definition) is 5. The Balaban J connectivity index is 1.67. The Kier molecular flexibility index (Phi) is 4.16. The Hall–Kier alpha value is -1.34. The lowest BCUT2D eigenvalue weighted by atomic mass is 9.97. The van der Waals surface area contributed by atoms with Crippen LogP contribution < -0.4 is 10.9 Å². The van der Waals surface area contributed by atoms with Crippen LogP contribution in [0.1, 0.15) is 43.0 Å². The molecule has 2 aromatic rings. The summed E-state index contributed by atoms with van der Waals surface area (Å²) >= 11 is 3.02. The van der Waals surface area contributed by atoms with Crippen molar-refractivity contribution < 1.29 is 4.79 Å². The maximum absolute atomic E-state index is 12.8. The molecule has 2 aliphatic carbocycles. The maximum atomic E-state index is 12.8. The highest BCUT2D eigenvalue weighted by Gasteiger charge is 2.27. The fourth-order valence-corrected chi connectivity index (χ4v) is 5.32. The molecule has 2 aliphatic rings. The molecule has 1 amide bonds. The molecule has 0 unspecified atom stereocenters. The third-order valence-corrected chi connectivity index (χ3v) is 7.06. The topological polar surface area (TPSA) is 64.0 Å². The van der Waals surface area contributed by atoms with E-state index in [0.29, 0.717) is 11.2 Å². The van der Waals surface area contributed by atoms with Crippen LogP contribution in [0.5, 0.6) is 0 Å². The fraction of sp³-hybridized carbons (Fsp3) is 0.588. The number of carbonyl (C=O) groups is 1. The second kappa shape index (κ2) is 6.19. The van der Waals surface area contributed by atoms with E-state index < -0.39 is 0 Å². The third-order valence-electron chi connectivity index (χ3n) is 4.73. The van der Waals surface area contributed by atoms with Gasteiger partial charge in [0.1, 0.15) is 4.83 Å². The molecule has 2 heterocycles. The van der Waals surface area contributed by atoms with Gasteiger partial charge in [-0.15, -0.1) is 11.3 Å². The molecule has 1 saturated carbocycles. The second-order valence-corrected chi connectivity index (χ2v) is 9.08. The number of rotatable bonds is 4. The van der Waals surface area contributed by atoms with Gasteiger partial charge in [-0.05, 0) is 51.0 Å². The molecule has 0 spiro atoms. The minimum atomic E-state index is -0.254. The van der Waals surface area contributed by atoms with Gasteiger partial charge in [-0.3, -0.25) is 14.2 Å². The Morgan fingerprint density at radius 2 is 2.12 bits per heavy atom. The van der Waals surface area contributed by atoms with Gasteiger partial charge in [-0.1, -0.05) is 11.8 Å². The van der Waals surface area contributed by atoms with Gasteiger partial charge in [0.25, 0.3) is 5.56 Å². The highest BCUT2D eigenvalue weighted by Crippen LogP contribution is 2.35. The molecule has 0 radical (unpaired) electrons. The Bertz CT molecular complexity index is 867. The van der Waals surface area contributed by atoms with Crippen LogP contribution in [-0.4, -0.2) is 26.8 Å². The summed E-state index contributed by atoms with van der Waals surface area (Å²) in [5.74, 6) is 0.0299. The minimum Gasteiger partial charge on any atom is -0.352 e. The van der Waals surface area contributed by atoms with Crippen LogP contribution in [0.15, 0.2) is 9.95 Å². The summed E-state index contributed by atoms with van der Waals surface area (Å²) < 4.78 is 1.61. The largest absolute Gasteiger partial charge is 0.352 e. The van der Waals surface area contributed by atoms with Crippen LogP contribution in [0.25, 0.3) is 10.2 Å². The molecule has 0 bridgehead atoms. The first-order valence-electron chi connectivity index (χ1n) is 8.53. The zero-order chi connectivity index (χ0) is 16.8. The van der Waals surface area contributed by atoms with Gasteiger partial charge in [-0.2, -0.15) is 0 Å². The minimum absolute atomic E-state index is 0.0247. The predicted molar refractivity (Wildman–Crippen MR) is 98.0 cm³/mol. The Morgan fingerprint density at radius 1 is 1.38 bits per heavy atom.